The Morgan fingerprint density at radius 2 is 1.92 bits per heavy atom. The number of aryl methyl sites for hydroxylation is 1. The minimum Gasteiger partial charge on any atom is -0.435 e. The highest BCUT2D eigenvalue weighted by atomic mass is 35.5. The van der Waals surface area contributed by atoms with Gasteiger partial charge in [0.25, 0.3) is 5.91 Å². The number of nitrogens with one attached hydrogen (secondary N) is 1. The molecule has 2 aromatic rings. The first-order chi connectivity index (χ1) is 12.3. The second kappa shape index (κ2) is 7.39. The number of anilines is 1. The van der Waals surface area contributed by atoms with Crippen LogP contribution in [0.3, 0.4) is 0 Å². The second-order valence-electron chi connectivity index (χ2n) is 5.51. The normalized spacial score (nSPS) is 15.7. The van der Waals surface area contributed by atoms with Crippen LogP contribution in [0.15, 0.2) is 48.2 Å². The molecule has 0 radical (unpaired) electrons. The summed E-state index contributed by atoms with van der Waals surface area (Å²) in [4.78, 5) is 14.1. The van der Waals surface area contributed by atoms with Crippen LogP contribution in [0, 0.1) is 6.92 Å². The van der Waals surface area contributed by atoms with E-state index in [1.54, 1.807) is 36.4 Å². The van der Waals surface area contributed by atoms with E-state index in [4.69, 9.17) is 23.8 Å². The Morgan fingerprint density at radius 3 is 2.54 bits per heavy atom. The second-order valence-corrected chi connectivity index (χ2v) is 6.33. The maximum Gasteiger partial charge on any atom is 0.387 e. The number of ether oxygens (including phenoxy) is 1. The summed E-state index contributed by atoms with van der Waals surface area (Å²) in [5, 5.41) is 3.70. The summed E-state index contributed by atoms with van der Waals surface area (Å²) in [6.45, 7) is -1.05. The first-order valence-electron chi connectivity index (χ1n) is 7.53. The van der Waals surface area contributed by atoms with Gasteiger partial charge in [0.15, 0.2) is 5.11 Å². The zero-order valence-corrected chi connectivity index (χ0v) is 15.1. The molecule has 1 N–H and O–H groups in total. The number of alkyl halides is 2. The number of carbonyl (C=O) groups excluding carboxylic acids is 1. The van der Waals surface area contributed by atoms with Crippen molar-refractivity contribution in [3.8, 4) is 5.75 Å². The summed E-state index contributed by atoms with van der Waals surface area (Å²) >= 11 is 11.2. The third kappa shape index (κ3) is 3.84. The van der Waals surface area contributed by atoms with Crippen molar-refractivity contribution in [3.63, 3.8) is 0 Å². The molecule has 0 unspecified atom stereocenters. The molecule has 0 atom stereocenters. The first-order valence-corrected chi connectivity index (χ1v) is 8.32. The minimum atomic E-state index is -2.88. The van der Waals surface area contributed by atoms with Gasteiger partial charge in [-0.2, -0.15) is 8.78 Å². The molecule has 2 aromatic carbocycles. The maximum absolute atomic E-state index is 12.7. The van der Waals surface area contributed by atoms with Crippen molar-refractivity contribution in [1.82, 2.24) is 5.32 Å². The van der Waals surface area contributed by atoms with E-state index in [0.717, 1.165) is 5.56 Å². The molecular weight excluding hydrogens is 382 g/mol. The lowest BCUT2D eigenvalue weighted by Gasteiger charge is -2.16. The molecule has 1 heterocycles. The molecule has 26 heavy (non-hydrogen) atoms. The van der Waals surface area contributed by atoms with Crippen LogP contribution in [0.5, 0.6) is 5.75 Å². The van der Waals surface area contributed by atoms with Crippen LogP contribution in [0.4, 0.5) is 14.5 Å². The highest BCUT2D eigenvalue weighted by Gasteiger charge is 2.32. The third-order valence-corrected chi connectivity index (χ3v) is 4.21. The molecule has 1 saturated heterocycles. The van der Waals surface area contributed by atoms with Crippen LogP contribution in [-0.4, -0.2) is 17.6 Å². The van der Waals surface area contributed by atoms with E-state index < -0.39 is 6.61 Å². The van der Waals surface area contributed by atoms with Crippen LogP contribution in [0.25, 0.3) is 6.08 Å². The van der Waals surface area contributed by atoms with Crippen LogP contribution >= 0.6 is 23.8 Å². The Kier molecular flexibility index (Phi) is 5.20. The Balaban J connectivity index is 1.85. The highest BCUT2D eigenvalue weighted by molar-refractivity contribution is 7.80. The predicted octanol–water partition coefficient (Wildman–Crippen LogP) is 4.51. The molecule has 0 aromatic heterocycles. The van der Waals surface area contributed by atoms with Gasteiger partial charge in [-0.3, -0.25) is 9.69 Å². The molecule has 1 aliphatic rings. The van der Waals surface area contributed by atoms with E-state index in [1.807, 2.05) is 6.92 Å². The van der Waals surface area contributed by atoms with Gasteiger partial charge in [-0.05, 0) is 66.7 Å². The maximum atomic E-state index is 12.7. The Bertz CT molecular complexity index is 901. The number of hydrogen-bond donors (Lipinski definition) is 1. The number of nitrogens with zero attached hydrogens (tertiary/aromatic N) is 1. The summed E-state index contributed by atoms with van der Waals surface area (Å²) in [6.07, 6.45) is 1.59. The van der Waals surface area contributed by atoms with Crippen LogP contribution in [0.2, 0.25) is 5.02 Å². The van der Waals surface area contributed by atoms with Gasteiger partial charge < -0.3 is 10.1 Å². The lowest BCUT2D eigenvalue weighted by atomic mass is 10.1. The van der Waals surface area contributed by atoms with Gasteiger partial charge in [-0.15, -0.1) is 0 Å². The SMILES string of the molecule is Cc1cc(Cl)ccc1N1C(=O)/C(=C\c2ccc(OC(F)F)cc2)NC1=S. The molecular formula is C18H13ClF2N2O2S. The summed E-state index contributed by atoms with van der Waals surface area (Å²) in [6, 6.07) is 11.1. The average molecular weight is 395 g/mol. The van der Waals surface area contributed by atoms with Crippen LogP contribution in [-0.2, 0) is 4.79 Å². The summed E-state index contributed by atoms with van der Waals surface area (Å²) in [5.41, 5.74) is 2.37. The molecule has 4 nitrogen and oxygen atoms in total. The fraction of sp³-hybridized carbons (Fsp3) is 0.111. The van der Waals surface area contributed by atoms with Gasteiger partial charge in [0.1, 0.15) is 11.4 Å². The van der Waals surface area contributed by atoms with E-state index in [-0.39, 0.29) is 22.5 Å². The standard InChI is InChI=1S/C18H13ClF2N2O2S/c1-10-8-12(19)4-7-15(10)23-16(24)14(22-18(23)26)9-11-2-5-13(6-3-11)25-17(20)21/h2-9,17H,1H3,(H,22,26)/b14-9+. The molecule has 1 amide bonds. The molecule has 3 rings (SSSR count). The fourth-order valence-electron chi connectivity index (χ4n) is 2.54. The number of hydrogen-bond acceptors (Lipinski definition) is 3. The van der Waals surface area contributed by atoms with Gasteiger partial charge in [0.2, 0.25) is 0 Å². The Labute approximate surface area is 159 Å². The van der Waals surface area contributed by atoms with Crippen molar-refractivity contribution < 1.29 is 18.3 Å². The number of thiocarbonyl (C=S) groups is 1. The van der Waals surface area contributed by atoms with Crippen LogP contribution in [0.1, 0.15) is 11.1 Å². The predicted molar refractivity (Wildman–Crippen MR) is 100 cm³/mol. The number of halogens is 3. The lowest BCUT2D eigenvalue weighted by molar-refractivity contribution is -0.113. The molecule has 0 bridgehead atoms. The van der Waals surface area contributed by atoms with E-state index in [1.165, 1.54) is 17.0 Å². The smallest absolute Gasteiger partial charge is 0.387 e. The highest BCUT2D eigenvalue weighted by Crippen LogP contribution is 2.28. The fourth-order valence-corrected chi connectivity index (χ4v) is 3.05. The van der Waals surface area contributed by atoms with Crippen molar-refractivity contribution in [1.29, 1.82) is 0 Å². The molecule has 1 fully saturated rings. The summed E-state index contributed by atoms with van der Waals surface area (Å²) < 4.78 is 28.7. The van der Waals surface area contributed by atoms with E-state index in [9.17, 15) is 13.6 Å². The van der Waals surface area contributed by atoms with Gasteiger partial charge in [0, 0.05) is 5.02 Å². The Morgan fingerprint density at radius 1 is 1.23 bits per heavy atom. The van der Waals surface area contributed by atoms with Crippen molar-refractivity contribution in [3.05, 3.63) is 64.3 Å². The quantitative estimate of drug-likeness (QED) is 0.612. The Hall–Kier alpha value is -2.51. The zero-order chi connectivity index (χ0) is 18.8. The lowest BCUT2D eigenvalue weighted by Crippen LogP contribution is -2.30. The van der Waals surface area contributed by atoms with Gasteiger partial charge in [-0.25, -0.2) is 0 Å². The first kappa shape index (κ1) is 18.3. The van der Waals surface area contributed by atoms with Gasteiger partial charge >= 0.3 is 6.61 Å². The van der Waals surface area contributed by atoms with Gasteiger partial charge in [0.05, 0.1) is 5.69 Å². The van der Waals surface area contributed by atoms with Crippen molar-refractivity contribution in [2.24, 2.45) is 0 Å². The van der Waals surface area contributed by atoms with E-state index >= 15 is 0 Å². The summed E-state index contributed by atoms with van der Waals surface area (Å²) in [5.74, 6) is -0.268. The molecule has 0 spiro atoms. The molecule has 134 valence electrons. The zero-order valence-electron chi connectivity index (χ0n) is 13.5. The number of carbonyl (C=O) groups is 1. The van der Waals surface area contributed by atoms with Crippen molar-refractivity contribution in [2.75, 3.05) is 4.90 Å². The topological polar surface area (TPSA) is 41.6 Å². The average Bonchev–Trinajstić information content (AvgIpc) is 2.83. The molecule has 8 heteroatoms. The molecule has 0 saturated carbocycles. The monoisotopic (exact) mass is 394 g/mol. The molecule has 1 aliphatic heterocycles. The number of benzene rings is 2. The van der Waals surface area contributed by atoms with E-state index in [2.05, 4.69) is 10.1 Å². The van der Waals surface area contributed by atoms with Crippen LogP contribution < -0.4 is 15.0 Å². The third-order valence-electron chi connectivity index (χ3n) is 3.69. The number of rotatable bonds is 4. The largest absolute Gasteiger partial charge is 0.435 e. The van der Waals surface area contributed by atoms with Gasteiger partial charge in [-0.1, -0.05) is 23.7 Å². The van der Waals surface area contributed by atoms with E-state index in [0.29, 0.717) is 16.3 Å². The van der Waals surface area contributed by atoms with Crippen molar-refractivity contribution in [2.45, 2.75) is 13.5 Å². The van der Waals surface area contributed by atoms with Crippen molar-refractivity contribution >= 4 is 46.6 Å². The molecule has 0 aliphatic carbocycles. The number of amides is 1. The minimum absolute atomic E-state index is 0.0433. The summed E-state index contributed by atoms with van der Waals surface area (Å²) in [7, 11) is 0.